The number of nitrogens with two attached hydrogens (primary N) is 1. The zero-order chi connectivity index (χ0) is 15.4. The highest BCUT2D eigenvalue weighted by Gasteiger charge is 2.20. The summed E-state index contributed by atoms with van der Waals surface area (Å²) in [6.07, 6.45) is 1.47. The van der Waals surface area contributed by atoms with Crippen LogP contribution in [-0.2, 0) is 12.8 Å². The van der Waals surface area contributed by atoms with E-state index in [1.807, 2.05) is 20.8 Å². The van der Waals surface area contributed by atoms with Crippen molar-refractivity contribution in [1.82, 2.24) is 20.4 Å². The van der Waals surface area contributed by atoms with Crippen molar-refractivity contribution in [1.29, 1.82) is 0 Å². The highest BCUT2D eigenvalue weighted by molar-refractivity contribution is 8.01. The van der Waals surface area contributed by atoms with Crippen LogP contribution in [-0.4, -0.2) is 31.4 Å². The summed E-state index contributed by atoms with van der Waals surface area (Å²) in [5.41, 5.74) is 8.28. The first-order chi connectivity index (χ1) is 10.1. The van der Waals surface area contributed by atoms with Crippen molar-refractivity contribution < 1.29 is 5.21 Å². The van der Waals surface area contributed by atoms with E-state index in [1.54, 1.807) is 0 Å². The summed E-state index contributed by atoms with van der Waals surface area (Å²) < 4.78 is 0.750. The van der Waals surface area contributed by atoms with Gasteiger partial charge in [-0.1, -0.05) is 30.3 Å². The summed E-state index contributed by atoms with van der Waals surface area (Å²) in [5.74, 6) is 0.0418. The zero-order valence-corrected chi connectivity index (χ0v) is 13.6. The van der Waals surface area contributed by atoms with E-state index in [2.05, 4.69) is 25.6 Å². The quantitative estimate of drug-likeness (QED) is 0.374. The van der Waals surface area contributed by atoms with Gasteiger partial charge in [-0.25, -0.2) is 0 Å². The van der Waals surface area contributed by atoms with Gasteiger partial charge in [0.25, 0.3) is 0 Å². The molecule has 2 rings (SSSR count). The lowest BCUT2D eigenvalue weighted by molar-refractivity contribution is 0.318. The lowest BCUT2D eigenvalue weighted by atomic mass is 10.0. The first-order valence-corrected chi connectivity index (χ1v) is 8.08. The molecule has 0 aliphatic heterocycles. The minimum atomic E-state index is 0.0418. The predicted molar refractivity (Wildman–Crippen MR) is 82.1 cm³/mol. The minimum Gasteiger partial charge on any atom is -0.409 e. The Bertz CT molecular complexity index is 670. The third-order valence-corrected chi connectivity index (χ3v) is 4.74. The second kappa shape index (κ2) is 6.81. The second-order valence-electron chi connectivity index (χ2n) is 4.19. The van der Waals surface area contributed by atoms with Crippen LogP contribution in [0, 0.1) is 6.92 Å². The van der Waals surface area contributed by atoms with Crippen molar-refractivity contribution in [2.45, 2.75) is 43.0 Å². The lowest BCUT2D eigenvalue weighted by Gasteiger charge is -2.13. The molecule has 0 saturated carbocycles. The number of aryl methyl sites for hydroxylation is 2. The molecule has 0 aliphatic carbocycles. The third-order valence-electron chi connectivity index (χ3n) is 2.87. The van der Waals surface area contributed by atoms with E-state index in [-0.39, 0.29) is 5.84 Å². The molecular formula is C12H16N6OS2. The molecule has 21 heavy (non-hydrogen) atoms. The van der Waals surface area contributed by atoms with Crippen LogP contribution in [0.25, 0.3) is 0 Å². The first-order valence-electron chi connectivity index (χ1n) is 6.44. The smallest absolute Gasteiger partial charge is 0.180 e. The van der Waals surface area contributed by atoms with Gasteiger partial charge in [-0.15, -0.1) is 15.3 Å². The van der Waals surface area contributed by atoms with Gasteiger partial charge in [-0.2, -0.15) is 5.10 Å². The number of aromatic nitrogens is 4. The molecule has 112 valence electrons. The molecule has 3 N–H and O–H groups in total. The summed E-state index contributed by atoms with van der Waals surface area (Å²) in [5, 5.41) is 30.1. The van der Waals surface area contributed by atoms with Gasteiger partial charge < -0.3 is 10.9 Å². The molecule has 0 aromatic carbocycles. The fraction of sp³-hybridized carbons (Fsp3) is 0.417. The maximum absolute atomic E-state index is 9.05. The molecule has 9 heteroatoms. The van der Waals surface area contributed by atoms with Crippen molar-refractivity contribution in [3.8, 4) is 0 Å². The Morgan fingerprint density at radius 1 is 1.24 bits per heavy atom. The molecule has 0 fully saturated rings. The highest BCUT2D eigenvalue weighted by Crippen LogP contribution is 2.32. The first kappa shape index (κ1) is 15.6. The van der Waals surface area contributed by atoms with Gasteiger partial charge in [0.2, 0.25) is 0 Å². The number of hydrogen-bond donors (Lipinski definition) is 2. The fourth-order valence-corrected chi connectivity index (χ4v) is 3.78. The monoisotopic (exact) mass is 324 g/mol. The Morgan fingerprint density at radius 2 is 2.00 bits per heavy atom. The summed E-state index contributed by atoms with van der Waals surface area (Å²) in [4.78, 5) is 0. The van der Waals surface area contributed by atoms with Crippen LogP contribution in [0.2, 0.25) is 0 Å². The van der Waals surface area contributed by atoms with Crippen LogP contribution in [0.4, 0.5) is 0 Å². The van der Waals surface area contributed by atoms with E-state index in [4.69, 9.17) is 10.9 Å². The topological polar surface area (TPSA) is 110 Å². The number of oxime groups is 1. The molecule has 0 saturated heterocycles. The van der Waals surface area contributed by atoms with Gasteiger partial charge in [0.1, 0.15) is 10.0 Å². The van der Waals surface area contributed by atoms with Crippen molar-refractivity contribution in [2.75, 3.05) is 0 Å². The highest BCUT2D eigenvalue weighted by atomic mass is 32.2. The van der Waals surface area contributed by atoms with Crippen LogP contribution >= 0.6 is 23.1 Å². The molecule has 0 atom stereocenters. The normalized spacial score (nSPS) is 11.9. The Balaban J connectivity index is 2.54. The molecule has 0 amide bonds. The van der Waals surface area contributed by atoms with E-state index in [9.17, 15) is 0 Å². The van der Waals surface area contributed by atoms with Crippen molar-refractivity contribution >= 4 is 28.9 Å². The van der Waals surface area contributed by atoms with E-state index >= 15 is 0 Å². The van der Waals surface area contributed by atoms with E-state index in [0.29, 0.717) is 10.6 Å². The van der Waals surface area contributed by atoms with Gasteiger partial charge in [0, 0.05) is 0 Å². The minimum absolute atomic E-state index is 0.0418. The van der Waals surface area contributed by atoms with Gasteiger partial charge >= 0.3 is 0 Å². The van der Waals surface area contributed by atoms with Gasteiger partial charge in [0.05, 0.1) is 11.3 Å². The van der Waals surface area contributed by atoms with Crippen molar-refractivity contribution in [2.24, 2.45) is 10.9 Å². The van der Waals surface area contributed by atoms with Crippen LogP contribution in [0.1, 0.15) is 35.7 Å². The Hall–Kier alpha value is -1.74. The average molecular weight is 324 g/mol. The van der Waals surface area contributed by atoms with Crippen LogP contribution in [0.5, 0.6) is 0 Å². The van der Waals surface area contributed by atoms with Crippen LogP contribution in [0.3, 0.4) is 0 Å². The van der Waals surface area contributed by atoms with Crippen LogP contribution in [0.15, 0.2) is 14.5 Å². The zero-order valence-electron chi connectivity index (χ0n) is 12.0. The van der Waals surface area contributed by atoms with Crippen molar-refractivity contribution in [3.63, 3.8) is 0 Å². The Morgan fingerprint density at radius 3 is 2.52 bits per heavy atom. The molecule has 0 bridgehead atoms. The Labute approximate surface area is 130 Å². The molecule has 0 unspecified atom stereocenters. The second-order valence-corrected chi connectivity index (χ2v) is 6.60. The van der Waals surface area contributed by atoms with Crippen molar-refractivity contribution in [3.05, 3.63) is 21.8 Å². The Kier molecular flexibility index (Phi) is 5.07. The molecule has 2 aromatic rings. The summed E-state index contributed by atoms with van der Waals surface area (Å²) in [6, 6.07) is 0. The number of amidine groups is 1. The maximum Gasteiger partial charge on any atom is 0.180 e. The predicted octanol–water partition coefficient (Wildman–Crippen LogP) is 2.01. The van der Waals surface area contributed by atoms with E-state index in [0.717, 1.165) is 33.4 Å². The molecule has 0 radical (unpaired) electrons. The number of rotatable bonds is 5. The van der Waals surface area contributed by atoms with E-state index in [1.165, 1.54) is 23.1 Å². The SMILES string of the molecule is CCc1nnc(Sc2nnc(C)s2)c(C(N)=NO)c1CC. The maximum atomic E-state index is 9.05. The van der Waals surface area contributed by atoms with Gasteiger partial charge in [-0.05, 0) is 37.1 Å². The molecule has 2 heterocycles. The fourth-order valence-electron chi connectivity index (χ4n) is 1.94. The van der Waals surface area contributed by atoms with Crippen LogP contribution < -0.4 is 5.73 Å². The molecule has 2 aromatic heterocycles. The summed E-state index contributed by atoms with van der Waals surface area (Å²) in [7, 11) is 0. The molecule has 0 aliphatic rings. The number of hydrogen-bond acceptors (Lipinski definition) is 8. The third kappa shape index (κ3) is 3.30. The summed E-state index contributed by atoms with van der Waals surface area (Å²) >= 11 is 2.79. The number of nitrogens with zero attached hydrogens (tertiary/aromatic N) is 5. The van der Waals surface area contributed by atoms with E-state index < -0.39 is 0 Å². The summed E-state index contributed by atoms with van der Waals surface area (Å²) in [6.45, 7) is 5.89. The molecule has 0 spiro atoms. The lowest BCUT2D eigenvalue weighted by Crippen LogP contribution is -2.20. The van der Waals surface area contributed by atoms with Gasteiger partial charge in [0.15, 0.2) is 10.2 Å². The van der Waals surface area contributed by atoms with Gasteiger partial charge in [-0.3, -0.25) is 0 Å². The molecular weight excluding hydrogens is 308 g/mol. The average Bonchev–Trinajstić information content (AvgIpc) is 2.90. The largest absolute Gasteiger partial charge is 0.409 e. The standard InChI is InChI=1S/C12H16N6OS2/c1-4-7-8(5-2)15-16-11(9(7)10(13)18-19)21-12-17-14-6(3)20-12/h19H,4-5H2,1-3H3,(H2,13,18). The molecule has 7 nitrogen and oxygen atoms in total.